The number of carbonyl (C=O) groups is 1. The number of H-pyrrole nitrogens is 1. The van der Waals surface area contributed by atoms with Crippen molar-refractivity contribution in [2.45, 2.75) is 0 Å². The van der Waals surface area contributed by atoms with E-state index in [9.17, 15) is 9.90 Å². The zero-order valence-electron chi connectivity index (χ0n) is 16.9. The third-order valence-corrected chi connectivity index (χ3v) is 4.73. The topological polar surface area (TPSA) is 109 Å². The fourth-order valence-corrected chi connectivity index (χ4v) is 3.07. The molecule has 4 rings (SSSR count). The maximum atomic E-state index is 12.5. The molecule has 8 nitrogen and oxygen atoms in total. The number of aromatic nitrogens is 2. The molecule has 31 heavy (non-hydrogen) atoms. The first-order valence-corrected chi connectivity index (χ1v) is 9.42. The van der Waals surface area contributed by atoms with Crippen LogP contribution in [0.1, 0.15) is 15.9 Å². The number of nitrogens with zero attached hydrogens (tertiary/aromatic N) is 2. The summed E-state index contributed by atoms with van der Waals surface area (Å²) in [6.07, 6.45) is 1.35. The van der Waals surface area contributed by atoms with Crippen LogP contribution in [-0.4, -0.2) is 41.4 Å². The first-order valence-electron chi connectivity index (χ1n) is 9.42. The number of aromatic hydroxyl groups is 1. The van der Waals surface area contributed by atoms with Crippen molar-refractivity contribution in [2.75, 3.05) is 14.2 Å². The summed E-state index contributed by atoms with van der Waals surface area (Å²) >= 11 is 0. The highest BCUT2D eigenvalue weighted by Crippen LogP contribution is 2.28. The fourth-order valence-electron chi connectivity index (χ4n) is 3.07. The highest BCUT2D eigenvalue weighted by Gasteiger charge is 2.10. The number of hydrogen-bond donors (Lipinski definition) is 3. The van der Waals surface area contributed by atoms with E-state index >= 15 is 0 Å². The molecular formula is C23H20N4O4. The zero-order chi connectivity index (χ0) is 21.8. The minimum atomic E-state index is -0.388. The Kier molecular flexibility index (Phi) is 5.53. The van der Waals surface area contributed by atoms with Crippen molar-refractivity contribution in [3.8, 4) is 28.6 Å². The van der Waals surface area contributed by atoms with Gasteiger partial charge in [-0.15, -0.1) is 0 Å². The van der Waals surface area contributed by atoms with Gasteiger partial charge >= 0.3 is 0 Å². The number of benzene rings is 3. The highest BCUT2D eigenvalue weighted by atomic mass is 16.5. The van der Waals surface area contributed by atoms with Crippen LogP contribution >= 0.6 is 0 Å². The molecule has 8 heteroatoms. The molecule has 0 unspecified atom stereocenters. The predicted octanol–water partition coefficient (Wildman–Crippen LogP) is 3.72. The van der Waals surface area contributed by atoms with Crippen molar-refractivity contribution in [2.24, 2.45) is 5.10 Å². The van der Waals surface area contributed by atoms with E-state index in [4.69, 9.17) is 9.47 Å². The van der Waals surface area contributed by atoms with E-state index in [1.807, 2.05) is 24.3 Å². The Bertz CT molecular complexity index is 1260. The van der Waals surface area contributed by atoms with Crippen molar-refractivity contribution in [3.05, 3.63) is 71.8 Å². The Morgan fingerprint density at radius 3 is 2.65 bits per heavy atom. The fraction of sp³-hybridized carbons (Fsp3) is 0.0870. The molecule has 3 aromatic carbocycles. The van der Waals surface area contributed by atoms with Crippen LogP contribution < -0.4 is 14.9 Å². The average molecular weight is 416 g/mol. The maximum absolute atomic E-state index is 12.5. The van der Waals surface area contributed by atoms with Crippen molar-refractivity contribution in [3.63, 3.8) is 0 Å². The van der Waals surface area contributed by atoms with Gasteiger partial charge in [-0.3, -0.25) is 4.79 Å². The standard InChI is InChI=1S/C23H20N4O4/c1-30-17-9-6-14(7-10-17)22-25-18-11-8-15(12-19(18)26-22)23(29)27-24-13-16-4-3-5-20(31-2)21(16)28/h3-13,28H,1-2H3,(H,25,26)(H,27,29). The third kappa shape index (κ3) is 4.18. The molecule has 0 aliphatic heterocycles. The van der Waals surface area contributed by atoms with E-state index in [0.717, 1.165) is 22.3 Å². The minimum Gasteiger partial charge on any atom is -0.504 e. The number of para-hydroxylation sites is 1. The molecule has 0 saturated heterocycles. The van der Waals surface area contributed by atoms with E-state index in [2.05, 4.69) is 20.5 Å². The molecule has 1 amide bonds. The number of amides is 1. The molecular weight excluding hydrogens is 396 g/mol. The molecule has 0 aliphatic carbocycles. The molecule has 0 bridgehead atoms. The number of fused-ring (bicyclic) bond motifs is 1. The lowest BCUT2D eigenvalue weighted by atomic mass is 10.2. The molecule has 0 saturated carbocycles. The Labute approximate surface area is 178 Å². The van der Waals surface area contributed by atoms with Crippen molar-refractivity contribution in [1.29, 1.82) is 0 Å². The SMILES string of the molecule is COc1ccc(-c2nc3ccc(C(=O)NN=Cc4cccc(OC)c4O)cc3[nH]2)cc1. The summed E-state index contributed by atoms with van der Waals surface area (Å²) in [6.45, 7) is 0. The third-order valence-electron chi connectivity index (χ3n) is 4.73. The monoisotopic (exact) mass is 416 g/mol. The van der Waals surface area contributed by atoms with Gasteiger partial charge < -0.3 is 19.6 Å². The number of methoxy groups -OCH3 is 2. The molecule has 0 radical (unpaired) electrons. The number of phenols is 1. The number of rotatable bonds is 6. The Morgan fingerprint density at radius 1 is 1.10 bits per heavy atom. The number of nitrogens with one attached hydrogen (secondary N) is 2. The second kappa shape index (κ2) is 8.58. The molecule has 1 heterocycles. The Hall–Kier alpha value is -4.33. The van der Waals surface area contributed by atoms with E-state index < -0.39 is 0 Å². The van der Waals surface area contributed by atoms with Gasteiger partial charge in [0.25, 0.3) is 5.91 Å². The highest BCUT2D eigenvalue weighted by molar-refractivity contribution is 5.98. The van der Waals surface area contributed by atoms with E-state index in [0.29, 0.717) is 22.7 Å². The second-order valence-electron chi connectivity index (χ2n) is 6.64. The van der Waals surface area contributed by atoms with Gasteiger partial charge in [-0.2, -0.15) is 5.10 Å². The summed E-state index contributed by atoms with van der Waals surface area (Å²) in [5.41, 5.74) is 5.68. The van der Waals surface area contributed by atoms with Crippen LogP contribution in [-0.2, 0) is 0 Å². The van der Waals surface area contributed by atoms with Gasteiger partial charge in [0.2, 0.25) is 0 Å². The molecule has 1 aromatic heterocycles. The van der Waals surface area contributed by atoms with Gasteiger partial charge in [0.15, 0.2) is 11.5 Å². The summed E-state index contributed by atoms with van der Waals surface area (Å²) in [4.78, 5) is 20.3. The van der Waals surface area contributed by atoms with Crippen molar-refractivity contribution >= 4 is 23.2 Å². The summed E-state index contributed by atoms with van der Waals surface area (Å²) in [6, 6.07) is 17.7. The molecule has 0 spiro atoms. The summed E-state index contributed by atoms with van der Waals surface area (Å²) in [7, 11) is 3.08. The molecule has 0 aliphatic rings. The number of imidazole rings is 1. The van der Waals surface area contributed by atoms with Crippen LogP contribution in [0.4, 0.5) is 0 Å². The van der Waals surface area contributed by atoms with Crippen LogP contribution in [0.3, 0.4) is 0 Å². The van der Waals surface area contributed by atoms with Crippen molar-refractivity contribution < 1.29 is 19.4 Å². The average Bonchev–Trinajstić information content (AvgIpc) is 3.23. The quantitative estimate of drug-likeness (QED) is 0.328. The van der Waals surface area contributed by atoms with Crippen LogP contribution in [0.5, 0.6) is 17.2 Å². The normalized spacial score (nSPS) is 11.0. The number of hydrazone groups is 1. The van der Waals surface area contributed by atoms with Gasteiger partial charge in [-0.05, 0) is 54.6 Å². The van der Waals surface area contributed by atoms with Crippen LogP contribution in [0.15, 0.2) is 65.8 Å². The van der Waals surface area contributed by atoms with Gasteiger partial charge in [-0.25, -0.2) is 10.4 Å². The van der Waals surface area contributed by atoms with Crippen LogP contribution in [0.2, 0.25) is 0 Å². The van der Waals surface area contributed by atoms with Crippen LogP contribution in [0.25, 0.3) is 22.4 Å². The summed E-state index contributed by atoms with van der Waals surface area (Å²) in [5.74, 6) is 1.35. The molecule has 0 fully saturated rings. The Balaban J connectivity index is 1.51. The van der Waals surface area contributed by atoms with E-state index in [-0.39, 0.29) is 11.7 Å². The Morgan fingerprint density at radius 2 is 1.90 bits per heavy atom. The molecule has 0 atom stereocenters. The predicted molar refractivity (Wildman–Crippen MR) is 118 cm³/mol. The van der Waals surface area contributed by atoms with Crippen LogP contribution in [0, 0.1) is 0 Å². The van der Waals surface area contributed by atoms with Gasteiger partial charge in [0.1, 0.15) is 11.6 Å². The number of aromatic amines is 1. The van der Waals surface area contributed by atoms with Gasteiger partial charge in [-0.1, -0.05) is 6.07 Å². The summed E-state index contributed by atoms with van der Waals surface area (Å²) in [5, 5.41) is 14.0. The maximum Gasteiger partial charge on any atom is 0.271 e. The second-order valence-corrected chi connectivity index (χ2v) is 6.64. The number of ether oxygens (including phenoxy) is 2. The van der Waals surface area contributed by atoms with Crippen molar-refractivity contribution in [1.82, 2.24) is 15.4 Å². The zero-order valence-corrected chi connectivity index (χ0v) is 16.9. The lowest BCUT2D eigenvalue weighted by Gasteiger charge is -2.05. The number of phenolic OH excluding ortho intramolecular Hbond substituents is 1. The summed E-state index contributed by atoms with van der Waals surface area (Å²) < 4.78 is 10.2. The minimum absolute atomic E-state index is 0.0482. The number of hydrogen-bond acceptors (Lipinski definition) is 6. The lowest BCUT2D eigenvalue weighted by Crippen LogP contribution is -2.17. The largest absolute Gasteiger partial charge is 0.504 e. The smallest absolute Gasteiger partial charge is 0.271 e. The van der Waals surface area contributed by atoms with Gasteiger partial charge in [0.05, 0.1) is 31.5 Å². The molecule has 3 N–H and O–H groups in total. The lowest BCUT2D eigenvalue weighted by molar-refractivity contribution is 0.0955. The van der Waals surface area contributed by atoms with E-state index in [1.165, 1.54) is 13.3 Å². The molecule has 4 aromatic rings. The molecule has 156 valence electrons. The first kappa shape index (κ1) is 20.0. The first-order chi connectivity index (χ1) is 15.1. The number of carbonyl (C=O) groups excluding carboxylic acids is 1. The van der Waals surface area contributed by atoms with E-state index in [1.54, 1.807) is 43.5 Å². The van der Waals surface area contributed by atoms with Gasteiger partial charge in [0, 0.05) is 16.7 Å².